The number of rotatable bonds is 4. The van der Waals surface area contributed by atoms with E-state index in [4.69, 9.17) is 4.74 Å². The van der Waals surface area contributed by atoms with Gasteiger partial charge in [-0.05, 0) is 43.1 Å². The van der Waals surface area contributed by atoms with Crippen molar-refractivity contribution in [1.82, 2.24) is 25.1 Å². The number of hydrogen-bond acceptors (Lipinski definition) is 8. The Morgan fingerprint density at radius 1 is 1.15 bits per heavy atom. The fourth-order valence-electron chi connectivity index (χ4n) is 4.66. The number of aromatic nitrogens is 4. The fraction of sp³-hybridized carbons (Fsp3) is 0.500. The van der Waals surface area contributed by atoms with E-state index in [-0.39, 0.29) is 35.8 Å². The molecule has 0 saturated carbocycles. The number of hydrogen-bond donors (Lipinski definition) is 1. The van der Waals surface area contributed by atoms with E-state index >= 15 is 0 Å². The Labute approximate surface area is 204 Å². The Morgan fingerprint density at radius 2 is 1.88 bits per heavy atom. The summed E-state index contributed by atoms with van der Waals surface area (Å²) in [4.78, 5) is 10.8. The molecule has 184 valence electrons. The quantitative estimate of drug-likeness (QED) is 0.570. The summed E-state index contributed by atoms with van der Waals surface area (Å²) in [5, 5.41) is 8.59. The summed E-state index contributed by atoms with van der Waals surface area (Å²) in [5.74, 6) is 1.11. The Bertz CT molecular complexity index is 1290. The molecule has 0 aliphatic carbocycles. The molecule has 1 aromatic carbocycles. The molecule has 2 aromatic heterocycles. The number of sulfone groups is 1. The van der Waals surface area contributed by atoms with E-state index in [2.05, 4.69) is 20.4 Å². The molecule has 2 aliphatic rings. The molecule has 9 nitrogen and oxygen atoms in total. The van der Waals surface area contributed by atoms with Gasteiger partial charge in [0.05, 0.1) is 30.3 Å². The largest absolute Gasteiger partial charge is 0.467 e. The maximum Gasteiger partial charge on any atom is 0.320 e. The first-order chi connectivity index (χ1) is 15.8. The zero-order chi connectivity index (χ0) is 23.2. The van der Waals surface area contributed by atoms with Crippen LogP contribution in [0.4, 0.5) is 10.2 Å². The number of anilines is 1. The topological polar surface area (TPSA) is 102 Å². The number of alkyl halides is 1. The van der Waals surface area contributed by atoms with E-state index in [0.717, 1.165) is 35.0 Å². The van der Waals surface area contributed by atoms with Crippen molar-refractivity contribution < 1.29 is 17.5 Å². The van der Waals surface area contributed by atoms with Crippen LogP contribution in [-0.2, 0) is 9.84 Å². The van der Waals surface area contributed by atoms with Crippen molar-refractivity contribution in [3.63, 3.8) is 0 Å². The van der Waals surface area contributed by atoms with E-state index in [9.17, 15) is 12.8 Å². The second kappa shape index (κ2) is 9.63. The number of nitrogens with one attached hydrogen (secondary N) is 1. The third kappa shape index (κ3) is 4.69. The SMILES string of the molecule is COc1nc(N2CCS(=O)(=O)CC2)cc(-n2ncc3cc(C)c([C@H]4CCNC[C@H]4F)cc32)n1.Cl. The molecule has 12 heteroatoms. The standard InChI is InChI=1S/C22H27FN6O3S.ClH/c1-14-9-15-12-25-29(19(15)10-17(14)16-3-4-24-13-18(16)23)21-11-20(26-22(27-21)32-2)28-5-7-33(30,31)8-6-28;/h9-12,16,18,24H,3-8,13H2,1-2H3;1H/t16-,18-;/m1./s1. The number of halogens is 2. The van der Waals surface area contributed by atoms with Gasteiger partial charge in [-0.15, -0.1) is 12.4 Å². The van der Waals surface area contributed by atoms with Gasteiger partial charge in [0.1, 0.15) is 12.0 Å². The maximum atomic E-state index is 14.7. The van der Waals surface area contributed by atoms with E-state index < -0.39 is 16.0 Å². The Hall–Kier alpha value is -2.50. The molecule has 2 aliphatic heterocycles. The third-order valence-corrected chi connectivity index (χ3v) is 8.12. The number of ether oxygens (including phenoxy) is 1. The van der Waals surface area contributed by atoms with Gasteiger partial charge in [0.2, 0.25) is 0 Å². The van der Waals surface area contributed by atoms with Crippen LogP contribution >= 0.6 is 12.4 Å². The highest BCUT2D eigenvalue weighted by Crippen LogP contribution is 2.33. The second-order valence-electron chi connectivity index (χ2n) is 8.65. The van der Waals surface area contributed by atoms with Crippen LogP contribution < -0.4 is 15.0 Å². The zero-order valence-corrected chi connectivity index (χ0v) is 20.7. The molecule has 2 saturated heterocycles. The smallest absolute Gasteiger partial charge is 0.320 e. The minimum absolute atomic E-state index is 0. The summed E-state index contributed by atoms with van der Waals surface area (Å²) in [6.45, 7) is 3.88. The predicted octanol–water partition coefficient (Wildman–Crippen LogP) is 2.20. The van der Waals surface area contributed by atoms with E-state index in [0.29, 0.717) is 31.3 Å². The highest BCUT2D eigenvalue weighted by Gasteiger charge is 2.28. The molecule has 2 atom stereocenters. The van der Waals surface area contributed by atoms with Crippen molar-refractivity contribution >= 4 is 39.0 Å². The lowest BCUT2D eigenvalue weighted by atomic mass is 9.85. The van der Waals surface area contributed by atoms with Gasteiger partial charge in [0, 0.05) is 37.0 Å². The third-order valence-electron chi connectivity index (χ3n) is 6.51. The van der Waals surface area contributed by atoms with Gasteiger partial charge < -0.3 is 15.0 Å². The first kappa shape index (κ1) is 24.6. The van der Waals surface area contributed by atoms with Gasteiger partial charge >= 0.3 is 6.01 Å². The second-order valence-corrected chi connectivity index (χ2v) is 11.0. The number of nitrogens with zero attached hydrogens (tertiary/aromatic N) is 5. The van der Waals surface area contributed by atoms with Crippen LogP contribution in [0.5, 0.6) is 6.01 Å². The molecular weight excluding hydrogens is 483 g/mol. The average molecular weight is 511 g/mol. The first-order valence-corrected chi connectivity index (χ1v) is 12.9. The zero-order valence-electron chi connectivity index (χ0n) is 19.1. The maximum absolute atomic E-state index is 14.7. The molecule has 0 amide bonds. The molecule has 34 heavy (non-hydrogen) atoms. The van der Waals surface area contributed by atoms with Crippen LogP contribution in [0.3, 0.4) is 0 Å². The summed E-state index contributed by atoms with van der Waals surface area (Å²) in [5.41, 5.74) is 2.86. The number of aryl methyl sites for hydroxylation is 1. The van der Waals surface area contributed by atoms with Gasteiger partial charge in [-0.3, -0.25) is 0 Å². The number of fused-ring (bicyclic) bond motifs is 1. The average Bonchev–Trinajstić information content (AvgIpc) is 3.21. The fourth-order valence-corrected chi connectivity index (χ4v) is 5.86. The minimum atomic E-state index is -3.01. The molecule has 0 unspecified atom stereocenters. The van der Waals surface area contributed by atoms with Crippen molar-refractivity contribution in [2.24, 2.45) is 0 Å². The van der Waals surface area contributed by atoms with Crippen molar-refractivity contribution in [3.05, 3.63) is 35.5 Å². The Kier molecular flexibility index (Phi) is 6.97. The van der Waals surface area contributed by atoms with Crippen LogP contribution in [0.2, 0.25) is 0 Å². The molecular formula is C22H28ClFN6O3S. The first-order valence-electron chi connectivity index (χ1n) is 11.1. The molecule has 4 heterocycles. The molecule has 5 rings (SSSR count). The van der Waals surface area contributed by atoms with Crippen molar-refractivity contribution in [3.8, 4) is 11.8 Å². The normalized spacial score (nSPS) is 22.4. The lowest BCUT2D eigenvalue weighted by Gasteiger charge is -2.28. The summed E-state index contributed by atoms with van der Waals surface area (Å²) in [7, 11) is -1.52. The molecule has 3 aromatic rings. The van der Waals surface area contributed by atoms with Gasteiger partial charge in [-0.2, -0.15) is 15.1 Å². The van der Waals surface area contributed by atoms with E-state index in [1.54, 1.807) is 16.9 Å². The highest BCUT2D eigenvalue weighted by molar-refractivity contribution is 7.91. The van der Waals surface area contributed by atoms with Crippen molar-refractivity contribution in [1.29, 1.82) is 0 Å². The Morgan fingerprint density at radius 3 is 2.59 bits per heavy atom. The number of benzene rings is 1. The molecule has 2 fully saturated rings. The van der Waals surface area contributed by atoms with Crippen LogP contribution in [0.25, 0.3) is 16.7 Å². The van der Waals surface area contributed by atoms with Gasteiger partial charge in [0.15, 0.2) is 15.7 Å². The minimum Gasteiger partial charge on any atom is -0.467 e. The van der Waals surface area contributed by atoms with Gasteiger partial charge in [0.25, 0.3) is 0 Å². The predicted molar refractivity (Wildman–Crippen MR) is 131 cm³/mol. The highest BCUT2D eigenvalue weighted by atomic mass is 35.5. The van der Waals surface area contributed by atoms with Crippen LogP contribution in [-0.4, -0.2) is 79.1 Å². The monoisotopic (exact) mass is 510 g/mol. The van der Waals surface area contributed by atoms with E-state index in [1.807, 2.05) is 24.0 Å². The lowest BCUT2D eigenvalue weighted by Crippen LogP contribution is -2.40. The van der Waals surface area contributed by atoms with Gasteiger partial charge in [-0.25, -0.2) is 17.5 Å². The number of piperidine rings is 1. The Balaban J connectivity index is 0.00000274. The summed E-state index contributed by atoms with van der Waals surface area (Å²) < 4.78 is 45.4. The van der Waals surface area contributed by atoms with Crippen molar-refractivity contribution in [2.75, 3.05) is 49.7 Å². The lowest BCUT2D eigenvalue weighted by molar-refractivity contribution is 0.231. The molecule has 1 N–H and O–H groups in total. The van der Waals surface area contributed by atoms with Crippen LogP contribution in [0.1, 0.15) is 23.5 Å². The number of methoxy groups -OCH3 is 1. The van der Waals surface area contributed by atoms with Gasteiger partial charge in [-0.1, -0.05) is 0 Å². The molecule has 0 bridgehead atoms. The molecule has 0 radical (unpaired) electrons. The van der Waals surface area contributed by atoms with Crippen LogP contribution in [0.15, 0.2) is 24.4 Å². The summed E-state index contributed by atoms with van der Waals surface area (Å²) >= 11 is 0. The summed E-state index contributed by atoms with van der Waals surface area (Å²) in [6.07, 6.45) is 1.57. The van der Waals surface area contributed by atoms with Crippen LogP contribution in [0, 0.1) is 6.92 Å². The summed E-state index contributed by atoms with van der Waals surface area (Å²) in [6, 6.07) is 6.02. The van der Waals surface area contributed by atoms with E-state index in [1.165, 1.54) is 7.11 Å². The molecule has 0 spiro atoms. The van der Waals surface area contributed by atoms with Crippen molar-refractivity contribution in [2.45, 2.75) is 25.4 Å².